The van der Waals surface area contributed by atoms with Crippen molar-refractivity contribution in [2.75, 3.05) is 7.11 Å². The molecule has 0 aliphatic carbocycles. The van der Waals surface area contributed by atoms with Crippen LogP contribution >= 0.6 is 11.3 Å². The van der Waals surface area contributed by atoms with Crippen LogP contribution in [0.2, 0.25) is 0 Å². The smallest absolute Gasteiger partial charge is 0.363 e. The van der Waals surface area contributed by atoms with Gasteiger partial charge >= 0.3 is 5.97 Å². The number of cyclic esters (lactones) is 1. The molecule has 27 heavy (non-hydrogen) atoms. The lowest BCUT2D eigenvalue weighted by atomic mass is 9.97. The average molecular weight is 386 g/mol. The number of methoxy groups -OCH3 is 1. The third-order valence-corrected chi connectivity index (χ3v) is 4.62. The molecule has 7 heteroatoms. The second-order valence-corrected chi connectivity index (χ2v) is 8.21. The predicted octanol–water partition coefficient (Wildman–Crippen LogP) is 4.38. The standard InChI is InChI=1S/C20H22N2O4S/c1-12-21-14(11-27-12)10-25-16-7-6-13(9-17(16)24-5)8-15-18(23)26-19(22-15)20(2,3)4/h6-9,11H,10H2,1-5H3. The zero-order valence-electron chi connectivity index (χ0n) is 16.0. The molecule has 0 radical (unpaired) electrons. The number of thiazole rings is 1. The highest BCUT2D eigenvalue weighted by molar-refractivity contribution is 7.09. The lowest BCUT2D eigenvalue weighted by Gasteiger charge is -2.15. The molecule has 0 fully saturated rings. The number of aromatic nitrogens is 1. The maximum Gasteiger partial charge on any atom is 0.363 e. The first-order chi connectivity index (χ1) is 12.8. The van der Waals surface area contributed by atoms with E-state index in [1.807, 2.05) is 39.1 Å². The third kappa shape index (κ3) is 4.54. The summed E-state index contributed by atoms with van der Waals surface area (Å²) >= 11 is 1.59. The monoisotopic (exact) mass is 386 g/mol. The molecule has 0 N–H and O–H groups in total. The minimum Gasteiger partial charge on any atom is -0.493 e. The SMILES string of the molecule is COc1cc(C=C2N=C(C(C)(C)C)OC2=O)ccc1OCc1csc(C)n1. The summed E-state index contributed by atoms with van der Waals surface area (Å²) in [4.78, 5) is 20.7. The van der Waals surface area contributed by atoms with Crippen LogP contribution in [0.1, 0.15) is 37.0 Å². The maximum atomic E-state index is 12.1. The highest BCUT2D eigenvalue weighted by Crippen LogP contribution is 2.31. The van der Waals surface area contributed by atoms with Gasteiger partial charge in [-0.1, -0.05) is 26.8 Å². The minimum atomic E-state index is -0.446. The number of benzene rings is 1. The first-order valence-electron chi connectivity index (χ1n) is 8.51. The van der Waals surface area contributed by atoms with Crippen LogP contribution in [0.3, 0.4) is 0 Å². The van der Waals surface area contributed by atoms with Gasteiger partial charge in [0.2, 0.25) is 5.90 Å². The molecule has 3 rings (SSSR count). The Morgan fingerprint density at radius 3 is 2.63 bits per heavy atom. The molecule has 0 atom stereocenters. The number of aryl methyl sites for hydroxylation is 1. The van der Waals surface area contributed by atoms with Crippen LogP contribution < -0.4 is 9.47 Å². The summed E-state index contributed by atoms with van der Waals surface area (Å²) in [6.45, 7) is 8.16. The molecular weight excluding hydrogens is 364 g/mol. The normalized spacial score (nSPS) is 15.7. The van der Waals surface area contributed by atoms with E-state index < -0.39 is 5.97 Å². The first-order valence-corrected chi connectivity index (χ1v) is 9.39. The molecule has 0 unspecified atom stereocenters. The number of carbonyl (C=O) groups is 1. The van der Waals surface area contributed by atoms with Crippen LogP contribution in [-0.2, 0) is 16.1 Å². The van der Waals surface area contributed by atoms with Gasteiger partial charge in [-0.15, -0.1) is 11.3 Å². The molecule has 1 aromatic carbocycles. The zero-order valence-corrected chi connectivity index (χ0v) is 16.8. The number of aliphatic imine (C=N–C) groups is 1. The first kappa shape index (κ1) is 19.1. The summed E-state index contributed by atoms with van der Waals surface area (Å²) in [7, 11) is 1.58. The Balaban J connectivity index is 1.79. The van der Waals surface area contributed by atoms with Crippen molar-refractivity contribution in [1.29, 1.82) is 0 Å². The number of hydrogen-bond acceptors (Lipinski definition) is 7. The molecule has 1 aliphatic rings. The van der Waals surface area contributed by atoms with E-state index >= 15 is 0 Å². The summed E-state index contributed by atoms with van der Waals surface area (Å²) in [6, 6.07) is 5.45. The predicted molar refractivity (Wildman–Crippen MR) is 105 cm³/mol. The van der Waals surface area contributed by atoms with Gasteiger partial charge in [-0.05, 0) is 30.7 Å². The van der Waals surface area contributed by atoms with Gasteiger partial charge in [-0.25, -0.2) is 14.8 Å². The van der Waals surface area contributed by atoms with Crippen LogP contribution in [-0.4, -0.2) is 24.0 Å². The highest BCUT2D eigenvalue weighted by atomic mass is 32.1. The minimum absolute atomic E-state index is 0.272. The van der Waals surface area contributed by atoms with Crippen LogP contribution in [0.5, 0.6) is 11.5 Å². The van der Waals surface area contributed by atoms with Crippen LogP contribution in [0.4, 0.5) is 0 Å². The zero-order chi connectivity index (χ0) is 19.6. The fraction of sp³-hybridized carbons (Fsp3) is 0.350. The molecular formula is C20H22N2O4S. The van der Waals surface area contributed by atoms with Gasteiger partial charge < -0.3 is 14.2 Å². The molecule has 0 bridgehead atoms. The van der Waals surface area contributed by atoms with E-state index in [0.717, 1.165) is 16.3 Å². The Labute approximate surface area is 162 Å². The van der Waals surface area contributed by atoms with Gasteiger partial charge in [0.25, 0.3) is 0 Å². The van der Waals surface area contributed by atoms with E-state index in [2.05, 4.69) is 9.98 Å². The molecule has 0 saturated heterocycles. The largest absolute Gasteiger partial charge is 0.493 e. The van der Waals surface area contributed by atoms with Crippen molar-refractivity contribution >= 4 is 29.3 Å². The molecule has 142 valence electrons. The van der Waals surface area contributed by atoms with Gasteiger partial charge in [0.15, 0.2) is 17.2 Å². The quantitative estimate of drug-likeness (QED) is 0.563. The fourth-order valence-corrected chi connectivity index (χ4v) is 3.00. The number of carbonyl (C=O) groups excluding carboxylic acids is 1. The second kappa shape index (κ2) is 7.52. The summed E-state index contributed by atoms with van der Waals surface area (Å²) in [5.74, 6) is 1.16. The number of hydrogen-bond donors (Lipinski definition) is 0. The lowest BCUT2D eigenvalue weighted by molar-refractivity contribution is -0.130. The summed E-state index contributed by atoms with van der Waals surface area (Å²) < 4.78 is 16.5. The van der Waals surface area contributed by atoms with E-state index in [-0.39, 0.29) is 11.1 Å². The maximum absolute atomic E-state index is 12.1. The van der Waals surface area contributed by atoms with Crippen LogP contribution in [0.25, 0.3) is 6.08 Å². The highest BCUT2D eigenvalue weighted by Gasteiger charge is 2.31. The van der Waals surface area contributed by atoms with Crippen molar-refractivity contribution < 1.29 is 19.0 Å². The third-order valence-electron chi connectivity index (χ3n) is 3.80. The van der Waals surface area contributed by atoms with E-state index in [0.29, 0.717) is 24.0 Å². The Morgan fingerprint density at radius 2 is 2.04 bits per heavy atom. The van der Waals surface area contributed by atoms with Crippen LogP contribution in [0, 0.1) is 12.3 Å². The van der Waals surface area contributed by atoms with Gasteiger partial charge in [-0.3, -0.25) is 0 Å². The van der Waals surface area contributed by atoms with Crippen molar-refractivity contribution in [2.45, 2.75) is 34.3 Å². The van der Waals surface area contributed by atoms with E-state index in [9.17, 15) is 4.79 Å². The average Bonchev–Trinajstić information content (AvgIpc) is 3.19. The topological polar surface area (TPSA) is 70.0 Å². The van der Waals surface area contributed by atoms with Crippen molar-refractivity contribution in [3.05, 3.63) is 45.5 Å². The van der Waals surface area contributed by atoms with Crippen molar-refractivity contribution in [1.82, 2.24) is 4.98 Å². The number of rotatable bonds is 5. The molecule has 0 amide bonds. The molecule has 1 aromatic heterocycles. The van der Waals surface area contributed by atoms with Crippen molar-refractivity contribution in [2.24, 2.45) is 10.4 Å². The Morgan fingerprint density at radius 1 is 1.26 bits per heavy atom. The van der Waals surface area contributed by atoms with Crippen molar-refractivity contribution in [3.8, 4) is 11.5 Å². The molecule has 0 spiro atoms. The van der Waals surface area contributed by atoms with Gasteiger partial charge in [0, 0.05) is 10.8 Å². The van der Waals surface area contributed by atoms with Crippen LogP contribution in [0.15, 0.2) is 34.3 Å². The molecule has 2 aromatic rings. The van der Waals surface area contributed by atoms with E-state index in [1.165, 1.54) is 0 Å². The second-order valence-electron chi connectivity index (χ2n) is 7.14. The Hall–Kier alpha value is -2.67. The summed E-state index contributed by atoms with van der Waals surface area (Å²) in [6.07, 6.45) is 1.68. The number of ether oxygens (including phenoxy) is 3. The molecule has 1 aliphatic heterocycles. The molecule has 0 saturated carbocycles. The Bertz CT molecular complexity index is 922. The summed E-state index contributed by atoms with van der Waals surface area (Å²) in [5, 5.41) is 2.97. The van der Waals surface area contributed by atoms with E-state index in [1.54, 1.807) is 36.7 Å². The summed E-state index contributed by atoms with van der Waals surface area (Å²) in [5.41, 5.74) is 1.60. The number of nitrogens with zero attached hydrogens (tertiary/aromatic N) is 2. The van der Waals surface area contributed by atoms with Gasteiger partial charge in [0.05, 0.1) is 17.8 Å². The lowest BCUT2D eigenvalue weighted by Crippen LogP contribution is -2.21. The molecule has 2 heterocycles. The fourth-order valence-electron chi connectivity index (χ4n) is 2.41. The van der Waals surface area contributed by atoms with Gasteiger partial charge in [-0.2, -0.15) is 0 Å². The van der Waals surface area contributed by atoms with Gasteiger partial charge in [0.1, 0.15) is 6.61 Å². The van der Waals surface area contributed by atoms with Crippen molar-refractivity contribution in [3.63, 3.8) is 0 Å². The molecule has 6 nitrogen and oxygen atoms in total. The van der Waals surface area contributed by atoms with E-state index in [4.69, 9.17) is 14.2 Å². The Kier molecular flexibility index (Phi) is 5.32. The number of esters is 1.